The average molecular weight is 369 g/mol. The molecule has 0 saturated heterocycles. The molecule has 1 aromatic carbocycles. The molecule has 2 atom stereocenters. The van der Waals surface area contributed by atoms with Gasteiger partial charge < -0.3 is 4.74 Å². The van der Waals surface area contributed by atoms with Crippen LogP contribution in [0.25, 0.3) is 0 Å². The van der Waals surface area contributed by atoms with E-state index in [1.807, 2.05) is 0 Å². The number of nitrogens with zero attached hydrogens (tertiary/aromatic N) is 2. The number of esters is 1. The van der Waals surface area contributed by atoms with Crippen LogP contribution in [0.4, 0.5) is 0 Å². The number of hydrogen-bond donors (Lipinski definition) is 1. The van der Waals surface area contributed by atoms with Crippen LogP contribution in [0.5, 0.6) is 0 Å². The van der Waals surface area contributed by atoms with Crippen molar-refractivity contribution in [3.63, 3.8) is 0 Å². The number of benzene rings is 1. The van der Waals surface area contributed by atoms with Gasteiger partial charge in [0.05, 0.1) is 17.2 Å². The van der Waals surface area contributed by atoms with Crippen LogP contribution in [0, 0.1) is 10.1 Å². The first-order chi connectivity index (χ1) is 11.4. The van der Waals surface area contributed by atoms with Crippen molar-refractivity contribution in [3.8, 4) is 0 Å². The second-order valence-corrected chi connectivity index (χ2v) is 6.26. The Labute approximate surface area is 150 Å². The summed E-state index contributed by atoms with van der Waals surface area (Å²) in [7, 11) is 0. The van der Waals surface area contributed by atoms with Crippen LogP contribution in [0.1, 0.15) is 25.3 Å². The second kappa shape index (κ2) is 7.81. The molecule has 0 saturated carbocycles. The molecular formula is C16H17ClN2O4S. The van der Waals surface area contributed by atoms with E-state index in [4.69, 9.17) is 16.3 Å². The summed E-state index contributed by atoms with van der Waals surface area (Å²) in [6.45, 7) is 3.35. The molecule has 0 amide bonds. The summed E-state index contributed by atoms with van der Waals surface area (Å²) >= 11 is 10.0. The van der Waals surface area contributed by atoms with Crippen molar-refractivity contribution in [2.45, 2.75) is 25.8 Å². The van der Waals surface area contributed by atoms with Crippen LogP contribution in [0.2, 0.25) is 5.02 Å². The minimum atomic E-state index is -1.15. The van der Waals surface area contributed by atoms with Crippen molar-refractivity contribution in [2.24, 2.45) is 4.99 Å². The highest BCUT2D eigenvalue weighted by Gasteiger charge is 2.44. The zero-order valence-electron chi connectivity index (χ0n) is 13.2. The van der Waals surface area contributed by atoms with Gasteiger partial charge in [-0.05, 0) is 31.5 Å². The molecular weight excluding hydrogens is 352 g/mol. The third-order valence-corrected chi connectivity index (χ3v) is 4.19. The number of rotatable bonds is 5. The van der Waals surface area contributed by atoms with Gasteiger partial charge in [0.25, 0.3) is 6.04 Å². The number of allylic oxidation sites excluding steroid dienone is 1. The normalized spacial score (nSPS) is 20.6. The molecule has 0 aromatic heterocycles. The van der Waals surface area contributed by atoms with Gasteiger partial charge in [0, 0.05) is 21.4 Å². The highest BCUT2D eigenvalue weighted by atomic mass is 35.5. The predicted octanol–water partition coefficient (Wildman–Crippen LogP) is 3.29. The first kappa shape index (κ1) is 18.5. The molecule has 2 rings (SSSR count). The maximum Gasteiger partial charge on any atom is 0.336 e. The fraction of sp³-hybridized carbons (Fsp3) is 0.375. The van der Waals surface area contributed by atoms with Crippen LogP contribution >= 0.6 is 24.2 Å². The predicted molar refractivity (Wildman–Crippen MR) is 95.6 cm³/mol. The molecule has 0 aliphatic carbocycles. The Hall–Kier alpha value is -1.86. The van der Waals surface area contributed by atoms with Gasteiger partial charge in [-0.25, -0.2) is 4.79 Å². The van der Waals surface area contributed by atoms with Crippen LogP contribution in [-0.2, 0) is 9.53 Å². The first-order valence-electron chi connectivity index (χ1n) is 7.29. The summed E-state index contributed by atoms with van der Waals surface area (Å²) in [5, 5.41) is 12.1. The van der Waals surface area contributed by atoms with Crippen LogP contribution in [-0.4, -0.2) is 35.0 Å². The van der Waals surface area contributed by atoms with Gasteiger partial charge in [0.15, 0.2) is 0 Å². The maximum absolute atomic E-state index is 12.5. The van der Waals surface area contributed by atoms with Gasteiger partial charge in [-0.15, -0.1) is 0 Å². The third-order valence-electron chi connectivity index (χ3n) is 3.77. The number of nitro groups is 1. The van der Waals surface area contributed by atoms with Crippen molar-refractivity contribution in [1.82, 2.24) is 0 Å². The summed E-state index contributed by atoms with van der Waals surface area (Å²) < 4.78 is 5.15. The quantitative estimate of drug-likeness (QED) is 0.374. The van der Waals surface area contributed by atoms with E-state index < -0.39 is 22.9 Å². The summed E-state index contributed by atoms with van der Waals surface area (Å²) in [5.41, 5.74) is 1.52. The molecule has 0 radical (unpaired) electrons. The minimum absolute atomic E-state index is 0.118. The van der Waals surface area contributed by atoms with Crippen molar-refractivity contribution in [2.75, 3.05) is 12.4 Å². The number of ether oxygens (including phenoxy) is 1. The highest BCUT2D eigenvalue weighted by Crippen LogP contribution is 2.37. The lowest BCUT2D eigenvalue weighted by Gasteiger charge is -2.27. The van der Waals surface area contributed by atoms with E-state index in [-0.39, 0.29) is 12.2 Å². The summed E-state index contributed by atoms with van der Waals surface area (Å²) in [6, 6.07) is 5.56. The lowest BCUT2D eigenvalue weighted by Crippen LogP contribution is -2.40. The highest BCUT2D eigenvalue weighted by molar-refractivity contribution is 7.80. The van der Waals surface area contributed by atoms with Crippen LogP contribution < -0.4 is 0 Å². The Bertz CT molecular complexity index is 733. The van der Waals surface area contributed by atoms with Gasteiger partial charge in [-0.3, -0.25) is 15.1 Å². The molecule has 1 aliphatic rings. The molecule has 1 aromatic rings. The van der Waals surface area contributed by atoms with E-state index in [2.05, 4.69) is 17.6 Å². The number of halogens is 1. The Morgan fingerprint density at radius 3 is 2.75 bits per heavy atom. The minimum Gasteiger partial charge on any atom is -0.461 e. The summed E-state index contributed by atoms with van der Waals surface area (Å²) in [5.74, 6) is -1.06. The molecule has 0 N–H and O–H groups in total. The zero-order valence-corrected chi connectivity index (χ0v) is 14.9. The first-order valence-corrected chi connectivity index (χ1v) is 8.30. The lowest BCUT2D eigenvalue weighted by molar-refractivity contribution is -0.505. The Balaban J connectivity index is 2.59. The monoisotopic (exact) mass is 368 g/mol. The average Bonchev–Trinajstić information content (AvgIpc) is 2.51. The topological polar surface area (TPSA) is 81.8 Å². The van der Waals surface area contributed by atoms with Gasteiger partial charge in [-0.2, -0.15) is 12.6 Å². The van der Waals surface area contributed by atoms with Crippen molar-refractivity contribution in [1.29, 1.82) is 0 Å². The third kappa shape index (κ3) is 3.79. The fourth-order valence-corrected chi connectivity index (χ4v) is 3.12. The Morgan fingerprint density at radius 1 is 1.46 bits per heavy atom. The summed E-state index contributed by atoms with van der Waals surface area (Å²) in [4.78, 5) is 27.9. The van der Waals surface area contributed by atoms with Crippen LogP contribution in [0.15, 0.2) is 40.5 Å². The standard InChI is InChI=1S/C16H17ClN2O4S/c1-9-13(16(20)23-6-7-24)14(11-4-3-5-12(17)8-11)15(19(21)22)10(2)18-9/h3-5,8,14-15,24H,6-7H2,1-2H3. The summed E-state index contributed by atoms with van der Waals surface area (Å²) in [6.07, 6.45) is 0. The molecule has 0 spiro atoms. The number of carbonyl (C=O) groups excluding carboxylic acids is 1. The second-order valence-electron chi connectivity index (χ2n) is 5.37. The molecule has 24 heavy (non-hydrogen) atoms. The molecule has 0 fully saturated rings. The number of thiol groups is 1. The maximum atomic E-state index is 12.5. The van der Waals surface area contributed by atoms with Gasteiger partial charge in [-0.1, -0.05) is 23.7 Å². The van der Waals surface area contributed by atoms with Gasteiger partial charge in [0.1, 0.15) is 6.61 Å². The van der Waals surface area contributed by atoms with E-state index in [0.29, 0.717) is 27.7 Å². The van der Waals surface area contributed by atoms with Gasteiger partial charge >= 0.3 is 5.97 Å². The Morgan fingerprint density at radius 2 is 2.17 bits per heavy atom. The zero-order chi connectivity index (χ0) is 17.9. The van der Waals surface area contributed by atoms with E-state index in [1.165, 1.54) is 0 Å². The van der Waals surface area contributed by atoms with E-state index in [1.54, 1.807) is 38.1 Å². The smallest absolute Gasteiger partial charge is 0.336 e. The molecule has 1 heterocycles. The van der Waals surface area contributed by atoms with E-state index in [9.17, 15) is 14.9 Å². The lowest BCUT2D eigenvalue weighted by atomic mass is 9.80. The fourth-order valence-electron chi connectivity index (χ4n) is 2.83. The number of aliphatic imine (C=N–C) groups is 1. The molecule has 6 nitrogen and oxygen atoms in total. The van der Waals surface area contributed by atoms with Crippen LogP contribution in [0.3, 0.4) is 0 Å². The number of hydrogen-bond acceptors (Lipinski definition) is 6. The van der Waals surface area contributed by atoms with Crippen molar-refractivity contribution >= 4 is 35.9 Å². The Kier molecular flexibility index (Phi) is 6.01. The van der Waals surface area contributed by atoms with Crippen molar-refractivity contribution in [3.05, 3.63) is 56.2 Å². The molecule has 8 heteroatoms. The number of carbonyl (C=O) groups is 1. The molecule has 0 bridgehead atoms. The molecule has 2 unspecified atom stereocenters. The SMILES string of the molecule is CC1=NC(C)=C(C(=O)OCCS)C(c2cccc(Cl)c2)C1[N+](=O)[O-]. The largest absolute Gasteiger partial charge is 0.461 e. The van der Waals surface area contributed by atoms with Crippen molar-refractivity contribution < 1.29 is 14.5 Å². The molecule has 128 valence electrons. The molecule has 1 aliphatic heterocycles. The van der Waals surface area contributed by atoms with E-state index in [0.717, 1.165) is 0 Å². The van der Waals surface area contributed by atoms with E-state index >= 15 is 0 Å². The van der Waals surface area contributed by atoms with Gasteiger partial charge in [0.2, 0.25) is 0 Å².